The van der Waals surface area contributed by atoms with Gasteiger partial charge in [0.15, 0.2) is 0 Å². The van der Waals surface area contributed by atoms with Gasteiger partial charge in [0.1, 0.15) is 0 Å². The van der Waals surface area contributed by atoms with Crippen molar-refractivity contribution in [1.29, 1.82) is 0 Å². The third-order valence-electron chi connectivity index (χ3n) is 4.59. The average Bonchev–Trinajstić information content (AvgIpc) is 2.68. The van der Waals surface area contributed by atoms with Crippen molar-refractivity contribution < 1.29 is 13.2 Å². The first-order valence-electron chi connectivity index (χ1n) is 9.45. The number of halogens is 2. The van der Waals surface area contributed by atoms with Crippen LogP contribution in [0.3, 0.4) is 0 Å². The molecule has 0 heterocycles. The quantitative estimate of drug-likeness (QED) is 0.450. The number of anilines is 2. The Kier molecular flexibility index (Phi) is 6.65. The van der Waals surface area contributed by atoms with Gasteiger partial charge in [-0.2, -0.15) is 0 Å². The summed E-state index contributed by atoms with van der Waals surface area (Å²) in [6.45, 7) is 6.27. The van der Waals surface area contributed by atoms with Crippen LogP contribution in [0.4, 0.5) is 11.4 Å². The van der Waals surface area contributed by atoms with Gasteiger partial charge in [-0.3, -0.25) is 9.52 Å². The van der Waals surface area contributed by atoms with E-state index >= 15 is 0 Å². The average molecular weight is 477 g/mol. The van der Waals surface area contributed by atoms with E-state index < -0.39 is 10.0 Å². The third kappa shape index (κ3) is 5.79. The van der Waals surface area contributed by atoms with E-state index in [2.05, 4.69) is 30.8 Å². The Hall–Kier alpha value is -2.54. The highest BCUT2D eigenvalue weighted by Crippen LogP contribution is 2.28. The smallest absolute Gasteiger partial charge is 0.261 e. The van der Waals surface area contributed by atoms with Crippen molar-refractivity contribution in [3.05, 3.63) is 87.9 Å². The summed E-state index contributed by atoms with van der Waals surface area (Å²) in [5.74, 6) is -0.389. The first-order valence-corrected chi connectivity index (χ1v) is 11.7. The van der Waals surface area contributed by atoms with Crippen molar-refractivity contribution in [3.8, 4) is 0 Å². The number of benzene rings is 3. The molecule has 1 amide bonds. The van der Waals surface area contributed by atoms with Crippen molar-refractivity contribution in [2.75, 3.05) is 10.0 Å². The fourth-order valence-corrected chi connectivity index (χ4v) is 4.28. The molecule has 0 saturated carbocycles. The second-order valence-corrected chi connectivity index (χ2v) is 10.6. The Morgan fingerprint density at radius 3 is 2.19 bits per heavy atom. The number of rotatable bonds is 5. The number of sulfonamides is 1. The summed E-state index contributed by atoms with van der Waals surface area (Å²) >= 11 is 12.1. The van der Waals surface area contributed by atoms with E-state index in [1.54, 1.807) is 30.3 Å². The van der Waals surface area contributed by atoms with Crippen LogP contribution in [-0.2, 0) is 15.4 Å². The number of hydrogen-bond acceptors (Lipinski definition) is 3. The highest BCUT2D eigenvalue weighted by atomic mass is 35.5. The van der Waals surface area contributed by atoms with E-state index in [0.29, 0.717) is 16.3 Å². The van der Waals surface area contributed by atoms with Crippen molar-refractivity contribution in [1.82, 2.24) is 0 Å². The van der Waals surface area contributed by atoms with Gasteiger partial charge in [-0.05, 0) is 59.5 Å². The van der Waals surface area contributed by atoms with Crippen LogP contribution in [0.1, 0.15) is 36.7 Å². The van der Waals surface area contributed by atoms with Crippen molar-refractivity contribution >= 4 is 50.5 Å². The molecule has 31 heavy (non-hydrogen) atoms. The summed E-state index contributed by atoms with van der Waals surface area (Å²) in [4.78, 5) is 12.6. The number of hydrogen-bond donors (Lipinski definition) is 2. The molecule has 0 radical (unpaired) electrons. The Bertz CT molecular complexity index is 1220. The molecule has 0 spiro atoms. The number of nitrogens with one attached hydrogen (secondary N) is 2. The molecule has 3 rings (SSSR count). The highest BCUT2D eigenvalue weighted by Gasteiger charge is 2.18. The van der Waals surface area contributed by atoms with E-state index in [-0.39, 0.29) is 26.9 Å². The summed E-state index contributed by atoms with van der Waals surface area (Å²) in [5.41, 5.74) is 2.03. The number of carbonyl (C=O) groups excluding carboxylic acids is 1. The van der Waals surface area contributed by atoms with Gasteiger partial charge >= 0.3 is 0 Å². The Labute approximate surface area is 192 Å². The molecule has 0 aromatic heterocycles. The van der Waals surface area contributed by atoms with Gasteiger partial charge in [0.25, 0.3) is 15.9 Å². The SMILES string of the molecule is CC(C)(C)c1ccc(C(=O)Nc2cc(S(=O)(=O)Nc3cccc(Cl)c3)ccc2Cl)cc1. The predicted molar refractivity (Wildman–Crippen MR) is 127 cm³/mol. The summed E-state index contributed by atoms with van der Waals surface area (Å²) < 4.78 is 28.0. The van der Waals surface area contributed by atoms with Crippen molar-refractivity contribution in [2.24, 2.45) is 0 Å². The van der Waals surface area contributed by atoms with Crippen LogP contribution in [0.15, 0.2) is 71.6 Å². The van der Waals surface area contributed by atoms with Crippen LogP contribution in [0, 0.1) is 0 Å². The maximum Gasteiger partial charge on any atom is 0.261 e. The minimum atomic E-state index is -3.91. The largest absolute Gasteiger partial charge is 0.321 e. The van der Waals surface area contributed by atoms with Gasteiger partial charge in [-0.15, -0.1) is 0 Å². The number of carbonyl (C=O) groups is 1. The monoisotopic (exact) mass is 476 g/mol. The van der Waals surface area contributed by atoms with E-state index in [1.165, 1.54) is 24.3 Å². The summed E-state index contributed by atoms with van der Waals surface area (Å²) in [6.07, 6.45) is 0. The molecule has 5 nitrogen and oxygen atoms in total. The molecule has 0 unspecified atom stereocenters. The molecule has 0 atom stereocenters. The first-order chi connectivity index (χ1) is 14.5. The molecule has 3 aromatic rings. The van der Waals surface area contributed by atoms with E-state index in [9.17, 15) is 13.2 Å². The second kappa shape index (κ2) is 8.91. The molecular formula is C23H22Cl2N2O3S. The molecule has 0 saturated heterocycles. The highest BCUT2D eigenvalue weighted by molar-refractivity contribution is 7.92. The summed E-state index contributed by atoms with van der Waals surface area (Å²) in [5, 5.41) is 3.31. The van der Waals surface area contributed by atoms with Gasteiger partial charge in [0.05, 0.1) is 21.3 Å². The number of amides is 1. The minimum absolute atomic E-state index is 0.0308. The van der Waals surface area contributed by atoms with Crippen LogP contribution in [0.2, 0.25) is 10.0 Å². The molecule has 8 heteroatoms. The lowest BCUT2D eigenvalue weighted by atomic mass is 9.87. The lowest BCUT2D eigenvalue weighted by Crippen LogP contribution is -2.16. The van der Waals surface area contributed by atoms with Gasteiger partial charge in [-0.25, -0.2) is 8.42 Å². The molecule has 0 fully saturated rings. The normalized spacial score (nSPS) is 11.8. The van der Waals surface area contributed by atoms with Crippen LogP contribution < -0.4 is 10.0 Å². The topological polar surface area (TPSA) is 75.3 Å². The van der Waals surface area contributed by atoms with Crippen LogP contribution >= 0.6 is 23.2 Å². The molecule has 0 aliphatic heterocycles. The van der Waals surface area contributed by atoms with E-state index in [4.69, 9.17) is 23.2 Å². The standard InChI is InChI=1S/C23H22Cl2N2O3S/c1-23(2,3)16-9-7-15(8-10-16)22(28)26-21-14-19(11-12-20(21)25)31(29,30)27-18-6-4-5-17(24)13-18/h4-14,27H,1-3H3,(H,26,28). The van der Waals surface area contributed by atoms with E-state index in [1.807, 2.05) is 12.1 Å². The molecular weight excluding hydrogens is 455 g/mol. The fraction of sp³-hybridized carbons (Fsp3) is 0.174. The lowest BCUT2D eigenvalue weighted by Gasteiger charge is -2.19. The predicted octanol–water partition coefficient (Wildman–Crippen LogP) is 6.34. The molecule has 0 bridgehead atoms. The van der Waals surface area contributed by atoms with Gasteiger partial charge in [0, 0.05) is 10.6 Å². The van der Waals surface area contributed by atoms with Gasteiger partial charge < -0.3 is 5.32 Å². The van der Waals surface area contributed by atoms with Gasteiger partial charge in [0.2, 0.25) is 0 Å². The Balaban J connectivity index is 1.83. The molecule has 2 N–H and O–H groups in total. The Morgan fingerprint density at radius 2 is 1.58 bits per heavy atom. The second-order valence-electron chi connectivity index (χ2n) is 8.04. The third-order valence-corrected chi connectivity index (χ3v) is 6.53. The maximum atomic E-state index is 12.8. The van der Waals surface area contributed by atoms with Crippen LogP contribution in [0.25, 0.3) is 0 Å². The molecule has 0 aliphatic carbocycles. The van der Waals surface area contributed by atoms with Crippen LogP contribution in [0.5, 0.6) is 0 Å². The zero-order valence-electron chi connectivity index (χ0n) is 17.2. The first kappa shape index (κ1) is 23.1. The van der Waals surface area contributed by atoms with Crippen molar-refractivity contribution in [2.45, 2.75) is 31.1 Å². The van der Waals surface area contributed by atoms with E-state index in [0.717, 1.165) is 5.56 Å². The maximum absolute atomic E-state index is 12.8. The zero-order chi connectivity index (χ0) is 22.8. The fourth-order valence-electron chi connectivity index (χ4n) is 2.85. The lowest BCUT2D eigenvalue weighted by molar-refractivity contribution is 0.102. The van der Waals surface area contributed by atoms with Gasteiger partial charge in [-0.1, -0.05) is 62.2 Å². The molecule has 0 aliphatic rings. The van der Waals surface area contributed by atoms with Crippen molar-refractivity contribution in [3.63, 3.8) is 0 Å². The summed E-state index contributed by atoms with van der Waals surface area (Å²) in [6, 6.07) is 17.7. The Morgan fingerprint density at radius 1 is 0.903 bits per heavy atom. The zero-order valence-corrected chi connectivity index (χ0v) is 19.6. The van der Waals surface area contributed by atoms with Crippen LogP contribution in [-0.4, -0.2) is 14.3 Å². The summed E-state index contributed by atoms with van der Waals surface area (Å²) in [7, 11) is -3.91. The molecule has 162 valence electrons. The molecule has 3 aromatic carbocycles. The minimum Gasteiger partial charge on any atom is -0.321 e.